The van der Waals surface area contributed by atoms with Crippen molar-refractivity contribution in [3.05, 3.63) is 59.8 Å². The molecule has 38 heavy (non-hydrogen) atoms. The molecule has 0 radical (unpaired) electrons. The number of likely N-dealkylation sites (N-methyl/N-ethyl adjacent to an activating group) is 1. The summed E-state index contributed by atoms with van der Waals surface area (Å²) in [6, 6.07) is 2.57. The smallest absolute Gasteiger partial charge is 0.417 e. The molecule has 1 fully saturated rings. The maximum atomic E-state index is 15.5. The van der Waals surface area contributed by atoms with E-state index in [2.05, 4.69) is 32.1 Å². The second kappa shape index (κ2) is 10.7. The third kappa shape index (κ3) is 5.57. The highest BCUT2D eigenvalue weighted by Gasteiger charge is 2.40. The number of dihydropyridines is 1. The number of benzene rings is 1. The van der Waals surface area contributed by atoms with E-state index in [0.717, 1.165) is 12.3 Å². The Bertz CT molecular complexity index is 1320. The van der Waals surface area contributed by atoms with Crippen LogP contribution in [0.1, 0.15) is 0 Å². The van der Waals surface area contributed by atoms with Crippen molar-refractivity contribution in [3.63, 3.8) is 0 Å². The minimum absolute atomic E-state index is 0.00150. The van der Waals surface area contributed by atoms with E-state index in [0.29, 0.717) is 31.9 Å². The van der Waals surface area contributed by atoms with E-state index in [1.54, 1.807) is 0 Å². The fourth-order valence-corrected chi connectivity index (χ4v) is 4.12. The number of piperazine rings is 1. The number of ether oxygens (including phenoxy) is 2. The molecule has 2 N–H and O–H groups in total. The summed E-state index contributed by atoms with van der Waals surface area (Å²) in [6.07, 6.45) is -1.79. The minimum Gasteiger partial charge on any atom is -0.480 e. The molecule has 202 valence electrons. The summed E-state index contributed by atoms with van der Waals surface area (Å²) >= 11 is 0. The lowest BCUT2D eigenvalue weighted by Gasteiger charge is -2.35. The molecule has 0 spiro atoms. The number of aromatic nitrogens is 2. The fraction of sp³-hybridized carbons (Fsp3) is 0.320. The van der Waals surface area contributed by atoms with E-state index in [-0.39, 0.29) is 34.4 Å². The minimum atomic E-state index is -4.80. The van der Waals surface area contributed by atoms with Crippen molar-refractivity contribution in [1.29, 1.82) is 0 Å². The van der Waals surface area contributed by atoms with Gasteiger partial charge in [0.25, 0.3) is 5.91 Å². The van der Waals surface area contributed by atoms with Crippen molar-refractivity contribution in [2.24, 2.45) is 0 Å². The number of amides is 1. The van der Waals surface area contributed by atoms with E-state index in [1.165, 1.54) is 32.5 Å². The molecule has 1 saturated heterocycles. The van der Waals surface area contributed by atoms with Crippen LogP contribution in [0.25, 0.3) is 11.1 Å². The first-order valence-corrected chi connectivity index (χ1v) is 11.5. The summed E-state index contributed by atoms with van der Waals surface area (Å²) in [4.78, 5) is 25.2. The topological polar surface area (TPSA) is 91.8 Å². The zero-order valence-corrected chi connectivity index (χ0v) is 20.9. The zero-order valence-electron chi connectivity index (χ0n) is 20.9. The number of hydrogen-bond acceptors (Lipinski definition) is 8. The molecule has 13 heteroatoms. The van der Waals surface area contributed by atoms with Crippen LogP contribution in [0.2, 0.25) is 0 Å². The third-order valence-electron chi connectivity index (χ3n) is 6.14. The quantitative estimate of drug-likeness (QED) is 0.545. The van der Waals surface area contributed by atoms with Gasteiger partial charge in [-0.25, -0.2) is 9.37 Å². The van der Waals surface area contributed by atoms with E-state index in [9.17, 15) is 18.0 Å². The summed E-state index contributed by atoms with van der Waals surface area (Å²) in [5, 5.41) is 5.10. The van der Waals surface area contributed by atoms with Gasteiger partial charge in [-0.15, -0.1) is 0 Å². The maximum absolute atomic E-state index is 15.5. The number of allylic oxidation sites excluding steroid dienone is 1. The standard InChI is InChI=1S/C25H26F4N6O3/c1-14-9-18(25(27,28)29)17(13-30-14)22(36)32-20-10-15(16-12-31-24(38-4)33-23(16)37-3)19(26)11-21(20)35-7-5-34(2)6-8-35/h9-13,30H,1,5-8H2,2-4H3,(H,32,36). The van der Waals surface area contributed by atoms with Gasteiger partial charge in [0.2, 0.25) is 5.88 Å². The second-order valence-electron chi connectivity index (χ2n) is 8.66. The Hall–Kier alpha value is -4.13. The van der Waals surface area contributed by atoms with Gasteiger partial charge in [0.05, 0.1) is 42.3 Å². The summed E-state index contributed by atoms with van der Waals surface area (Å²) in [5.74, 6) is -1.67. The van der Waals surface area contributed by atoms with Crippen LogP contribution in [-0.2, 0) is 4.79 Å². The zero-order chi connectivity index (χ0) is 27.6. The highest BCUT2D eigenvalue weighted by Crippen LogP contribution is 2.39. The van der Waals surface area contributed by atoms with Crippen molar-refractivity contribution in [2.75, 3.05) is 57.7 Å². The average molecular weight is 535 g/mol. The number of alkyl halides is 3. The number of rotatable bonds is 6. The molecule has 0 atom stereocenters. The Labute approximate surface area is 216 Å². The Balaban J connectivity index is 1.79. The number of anilines is 2. The van der Waals surface area contributed by atoms with Gasteiger partial charge in [-0.05, 0) is 25.3 Å². The maximum Gasteiger partial charge on any atom is 0.417 e. The number of hydrogen-bond donors (Lipinski definition) is 2. The molecular weight excluding hydrogens is 508 g/mol. The van der Waals surface area contributed by atoms with Gasteiger partial charge in [-0.1, -0.05) is 6.58 Å². The van der Waals surface area contributed by atoms with Crippen LogP contribution in [0.15, 0.2) is 54.0 Å². The fourth-order valence-electron chi connectivity index (χ4n) is 4.12. The number of methoxy groups -OCH3 is 2. The van der Waals surface area contributed by atoms with Crippen LogP contribution >= 0.6 is 0 Å². The molecule has 0 aliphatic carbocycles. The van der Waals surface area contributed by atoms with Crippen LogP contribution in [0, 0.1) is 5.82 Å². The molecule has 2 aliphatic rings. The molecule has 9 nitrogen and oxygen atoms in total. The largest absolute Gasteiger partial charge is 0.480 e. The van der Waals surface area contributed by atoms with Crippen LogP contribution in [-0.4, -0.2) is 74.4 Å². The first-order chi connectivity index (χ1) is 18.0. The number of nitrogens with zero attached hydrogens (tertiary/aromatic N) is 4. The molecular formula is C25H26F4N6O3. The van der Waals surface area contributed by atoms with Gasteiger partial charge in [0.15, 0.2) is 0 Å². The van der Waals surface area contributed by atoms with E-state index in [4.69, 9.17) is 9.47 Å². The molecule has 3 heterocycles. The van der Waals surface area contributed by atoms with Gasteiger partial charge in [0.1, 0.15) is 5.82 Å². The van der Waals surface area contributed by atoms with Crippen molar-refractivity contribution in [1.82, 2.24) is 20.2 Å². The Morgan fingerprint density at radius 3 is 2.47 bits per heavy atom. The van der Waals surface area contributed by atoms with Crippen LogP contribution in [0.5, 0.6) is 11.9 Å². The van der Waals surface area contributed by atoms with Gasteiger partial charge in [0, 0.05) is 49.8 Å². The first kappa shape index (κ1) is 26.9. The lowest BCUT2D eigenvalue weighted by atomic mass is 10.0. The van der Waals surface area contributed by atoms with E-state index < -0.39 is 29.0 Å². The van der Waals surface area contributed by atoms with E-state index >= 15 is 4.39 Å². The Morgan fingerprint density at radius 1 is 1.13 bits per heavy atom. The van der Waals surface area contributed by atoms with E-state index in [1.807, 2.05) is 11.9 Å². The van der Waals surface area contributed by atoms with Crippen LogP contribution in [0.4, 0.5) is 28.9 Å². The number of nitrogens with one attached hydrogen (secondary N) is 2. The van der Waals surface area contributed by atoms with Crippen molar-refractivity contribution >= 4 is 17.3 Å². The van der Waals surface area contributed by atoms with Gasteiger partial charge >= 0.3 is 12.2 Å². The molecule has 0 saturated carbocycles. The highest BCUT2D eigenvalue weighted by atomic mass is 19.4. The molecule has 1 aromatic heterocycles. The lowest BCUT2D eigenvalue weighted by molar-refractivity contribution is -0.115. The highest BCUT2D eigenvalue weighted by molar-refractivity contribution is 6.09. The predicted molar refractivity (Wildman–Crippen MR) is 133 cm³/mol. The van der Waals surface area contributed by atoms with Gasteiger partial charge < -0.3 is 29.9 Å². The molecule has 2 aromatic rings. The first-order valence-electron chi connectivity index (χ1n) is 11.5. The van der Waals surface area contributed by atoms with Crippen LogP contribution < -0.4 is 25.0 Å². The molecule has 1 amide bonds. The molecule has 0 bridgehead atoms. The molecule has 2 aliphatic heterocycles. The number of carbonyl (C=O) groups is 1. The SMILES string of the molecule is C=C1C=C(C(F)(F)F)C(C(=O)Nc2cc(-c3cnc(OC)nc3OC)c(F)cc2N2CCN(C)CC2)=CN1. The summed E-state index contributed by atoms with van der Waals surface area (Å²) < 4.78 is 66.9. The second-order valence-corrected chi connectivity index (χ2v) is 8.66. The summed E-state index contributed by atoms with van der Waals surface area (Å²) in [6.45, 7) is 5.86. The predicted octanol–water partition coefficient (Wildman–Crippen LogP) is 3.48. The molecule has 4 rings (SSSR count). The third-order valence-corrected chi connectivity index (χ3v) is 6.14. The normalized spacial score (nSPS) is 16.4. The van der Waals surface area contributed by atoms with Gasteiger partial charge in [-0.2, -0.15) is 18.2 Å². The average Bonchev–Trinajstić information content (AvgIpc) is 2.89. The summed E-state index contributed by atoms with van der Waals surface area (Å²) in [5.41, 5.74) is -1.21. The Morgan fingerprint density at radius 2 is 1.84 bits per heavy atom. The summed E-state index contributed by atoms with van der Waals surface area (Å²) in [7, 11) is 4.65. The van der Waals surface area contributed by atoms with Crippen molar-refractivity contribution in [3.8, 4) is 23.0 Å². The van der Waals surface area contributed by atoms with Crippen molar-refractivity contribution in [2.45, 2.75) is 6.18 Å². The number of halogens is 4. The van der Waals surface area contributed by atoms with Gasteiger partial charge in [-0.3, -0.25) is 4.79 Å². The lowest BCUT2D eigenvalue weighted by Crippen LogP contribution is -2.44. The number of carbonyl (C=O) groups excluding carboxylic acids is 1. The molecule has 1 aromatic carbocycles. The monoisotopic (exact) mass is 534 g/mol. The van der Waals surface area contributed by atoms with Crippen molar-refractivity contribution < 1.29 is 31.8 Å². The molecule has 0 unspecified atom stereocenters. The van der Waals surface area contributed by atoms with Crippen LogP contribution in [0.3, 0.4) is 0 Å². The Kier molecular flexibility index (Phi) is 7.58.